The minimum atomic E-state index is -4.36. The largest absolute Gasteiger partial charge is 0.425 e. The van der Waals surface area contributed by atoms with Crippen molar-refractivity contribution in [3.63, 3.8) is 0 Å². The van der Waals surface area contributed by atoms with Crippen LogP contribution in [0.2, 0.25) is 0 Å². The number of hydrogen-bond acceptors (Lipinski definition) is 3. The van der Waals surface area contributed by atoms with Crippen molar-refractivity contribution in [1.29, 1.82) is 0 Å². The van der Waals surface area contributed by atoms with Crippen molar-refractivity contribution in [2.45, 2.75) is 12.7 Å². The molecular formula is C16H11F3N2OS. The number of thiophene rings is 1. The molecule has 0 spiro atoms. The second-order valence-electron chi connectivity index (χ2n) is 4.92. The first-order valence-corrected chi connectivity index (χ1v) is 7.58. The van der Waals surface area contributed by atoms with E-state index >= 15 is 0 Å². The number of alkyl halides is 3. The number of hydrogen-bond donors (Lipinski definition) is 0. The summed E-state index contributed by atoms with van der Waals surface area (Å²) in [7, 11) is 0. The molecule has 1 aromatic carbocycles. The Morgan fingerprint density at radius 2 is 1.83 bits per heavy atom. The highest BCUT2D eigenvalue weighted by Gasteiger charge is 2.32. The number of aromatic nitrogens is 2. The molecule has 0 radical (unpaired) electrons. The third-order valence-corrected chi connectivity index (χ3v) is 4.27. The quantitative estimate of drug-likeness (QED) is 0.723. The van der Waals surface area contributed by atoms with Crippen LogP contribution in [0.5, 0.6) is 0 Å². The maximum atomic E-state index is 12.6. The van der Waals surface area contributed by atoms with Crippen molar-refractivity contribution < 1.29 is 13.2 Å². The minimum absolute atomic E-state index is 0.0144. The molecule has 0 saturated heterocycles. The first-order valence-electron chi connectivity index (χ1n) is 6.71. The molecule has 0 N–H and O–H groups in total. The van der Waals surface area contributed by atoms with E-state index in [-0.39, 0.29) is 12.1 Å². The van der Waals surface area contributed by atoms with Crippen molar-refractivity contribution in [2.75, 3.05) is 0 Å². The van der Waals surface area contributed by atoms with Crippen LogP contribution < -0.4 is 5.56 Å². The SMILES string of the molecule is O=c1cc(-c2ccccc2)cnn1Cc1csc(C(F)(F)F)c1. The first-order chi connectivity index (χ1) is 10.9. The molecule has 23 heavy (non-hydrogen) atoms. The standard InChI is InChI=1S/C16H11F3N2OS/c17-16(18,19)14-6-11(10-23-14)9-21-15(22)7-13(8-20-21)12-4-2-1-3-5-12/h1-8,10H,9H2. The highest BCUT2D eigenvalue weighted by Crippen LogP contribution is 2.34. The second kappa shape index (κ2) is 6.00. The zero-order valence-corrected chi connectivity index (χ0v) is 12.6. The summed E-state index contributed by atoms with van der Waals surface area (Å²) < 4.78 is 38.9. The molecule has 2 aromatic heterocycles. The molecule has 0 fully saturated rings. The Kier molecular flexibility index (Phi) is 4.04. The monoisotopic (exact) mass is 336 g/mol. The van der Waals surface area contributed by atoms with Crippen LogP contribution in [-0.2, 0) is 12.7 Å². The Morgan fingerprint density at radius 3 is 2.43 bits per heavy atom. The molecule has 0 saturated carbocycles. The Balaban J connectivity index is 1.85. The van der Waals surface area contributed by atoms with Crippen LogP contribution in [-0.4, -0.2) is 9.78 Å². The Bertz CT molecular complexity index is 869. The highest BCUT2D eigenvalue weighted by atomic mass is 32.1. The van der Waals surface area contributed by atoms with E-state index in [2.05, 4.69) is 5.10 Å². The van der Waals surface area contributed by atoms with Gasteiger partial charge in [-0.05, 0) is 22.6 Å². The molecule has 3 aromatic rings. The van der Waals surface area contributed by atoms with E-state index in [4.69, 9.17) is 0 Å². The summed E-state index contributed by atoms with van der Waals surface area (Å²) in [5, 5.41) is 5.44. The Hall–Kier alpha value is -2.41. The third kappa shape index (κ3) is 3.50. The zero-order valence-electron chi connectivity index (χ0n) is 11.7. The Labute approximate surface area is 133 Å². The molecule has 3 rings (SSSR count). The lowest BCUT2D eigenvalue weighted by Crippen LogP contribution is -2.22. The molecule has 0 atom stereocenters. The average molecular weight is 336 g/mol. The lowest BCUT2D eigenvalue weighted by Gasteiger charge is -2.05. The topological polar surface area (TPSA) is 34.9 Å². The van der Waals surface area contributed by atoms with Gasteiger partial charge in [0.1, 0.15) is 4.88 Å². The van der Waals surface area contributed by atoms with Crippen LogP contribution in [0.3, 0.4) is 0 Å². The van der Waals surface area contributed by atoms with Gasteiger partial charge in [-0.3, -0.25) is 4.79 Å². The van der Waals surface area contributed by atoms with E-state index in [1.807, 2.05) is 30.3 Å². The first kappa shape index (κ1) is 15.5. The number of halogens is 3. The summed E-state index contributed by atoms with van der Waals surface area (Å²) in [6, 6.07) is 11.8. The molecule has 3 nitrogen and oxygen atoms in total. The summed E-state index contributed by atoms with van der Waals surface area (Å²) in [6.45, 7) is 0.0144. The van der Waals surface area contributed by atoms with Crippen LogP contribution in [0, 0.1) is 0 Å². The highest BCUT2D eigenvalue weighted by molar-refractivity contribution is 7.10. The predicted molar refractivity (Wildman–Crippen MR) is 82.4 cm³/mol. The summed E-state index contributed by atoms with van der Waals surface area (Å²) >= 11 is 0.613. The fourth-order valence-corrected chi connectivity index (χ4v) is 2.89. The van der Waals surface area contributed by atoms with Crippen molar-refractivity contribution in [1.82, 2.24) is 9.78 Å². The van der Waals surface area contributed by atoms with Crippen LogP contribution in [0.1, 0.15) is 10.4 Å². The summed E-state index contributed by atoms with van der Waals surface area (Å²) in [5.74, 6) is 0. The number of nitrogens with zero attached hydrogens (tertiary/aromatic N) is 2. The van der Waals surface area contributed by atoms with Gasteiger partial charge in [0.05, 0.1) is 12.7 Å². The van der Waals surface area contributed by atoms with Crippen LogP contribution in [0.15, 0.2) is 58.8 Å². The maximum Gasteiger partial charge on any atom is 0.425 e. The summed E-state index contributed by atoms with van der Waals surface area (Å²) in [4.78, 5) is 11.4. The van der Waals surface area contributed by atoms with Gasteiger partial charge in [0.2, 0.25) is 0 Å². The van der Waals surface area contributed by atoms with E-state index in [1.54, 1.807) is 0 Å². The van der Waals surface area contributed by atoms with Gasteiger partial charge in [-0.25, -0.2) is 4.68 Å². The van der Waals surface area contributed by atoms with Crippen molar-refractivity contribution in [3.05, 3.63) is 74.8 Å². The summed E-state index contributed by atoms with van der Waals surface area (Å²) in [5.41, 5.74) is 1.59. The van der Waals surface area contributed by atoms with Crippen LogP contribution >= 0.6 is 11.3 Å². The van der Waals surface area contributed by atoms with E-state index in [9.17, 15) is 18.0 Å². The van der Waals surface area contributed by atoms with E-state index in [0.29, 0.717) is 22.5 Å². The lowest BCUT2D eigenvalue weighted by atomic mass is 10.1. The van der Waals surface area contributed by atoms with Gasteiger partial charge >= 0.3 is 6.18 Å². The fraction of sp³-hybridized carbons (Fsp3) is 0.125. The lowest BCUT2D eigenvalue weighted by molar-refractivity contribution is -0.134. The van der Waals surface area contributed by atoms with E-state index in [1.165, 1.54) is 17.6 Å². The molecule has 118 valence electrons. The Morgan fingerprint density at radius 1 is 1.09 bits per heavy atom. The molecule has 0 bridgehead atoms. The molecule has 0 amide bonds. The minimum Gasteiger partial charge on any atom is -0.268 e. The molecule has 0 unspecified atom stereocenters. The van der Waals surface area contributed by atoms with Gasteiger partial charge in [-0.15, -0.1) is 11.3 Å². The molecule has 0 aliphatic rings. The van der Waals surface area contributed by atoms with Gasteiger partial charge in [-0.2, -0.15) is 18.3 Å². The average Bonchev–Trinajstić information content (AvgIpc) is 2.99. The van der Waals surface area contributed by atoms with Crippen molar-refractivity contribution in [2.24, 2.45) is 0 Å². The predicted octanol–water partition coefficient (Wildman–Crippen LogP) is 4.04. The number of rotatable bonds is 3. The second-order valence-corrected chi connectivity index (χ2v) is 5.83. The maximum absolute atomic E-state index is 12.6. The van der Waals surface area contributed by atoms with Crippen molar-refractivity contribution >= 4 is 11.3 Å². The molecule has 0 aliphatic carbocycles. The molecule has 0 aliphatic heterocycles. The smallest absolute Gasteiger partial charge is 0.268 e. The van der Waals surface area contributed by atoms with Gasteiger partial charge in [0.15, 0.2) is 0 Å². The van der Waals surface area contributed by atoms with Gasteiger partial charge < -0.3 is 0 Å². The third-order valence-electron chi connectivity index (χ3n) is 3.24. The van der Waals surface area contributed by atoms with Gasteiger partial charge in [0.25, 0.3) is 5.56 Å². The molecule has 7 heteroatoms. The zero-order chi connectivity index (χ0) is 16.4. The van der Waals surface area contributed by atoms with E-state index in [0.717, 1.165) is 16.3 Å². The number of benzene rings is 1. The molecule has 2 heterocycles. The van der Waals surface area contributed by atoms with Gasteiger partial charge in [0, 0.05) is 11.6 Å². The fourth-order valence-electron chi connectivity index (χ4n) is 2.12. The van der Waals surface area contributed by atoms with Crippen molar-refractivity contribution in [3.8, 4) is 11.1 Å². The van der Waals surface area contributed by atoms with Gasteiger partial charge in [-0.1, -0.05) is 30.3 Å². The van der Waals surface area contributed by atoms with E-state index < -0.39 is 11.1 Å². The normalized spacial score (nSPS) is 11.6. The van der Waals surface area contributed by atoms with Crippen LogP contribution in [0.4, 0.5) is 13.2 Å². The van der Waals surface area contributed by atoms with Crippen LogP contribution in [0.25, 0.3) is 11.1 Å². The molecular weight excluding hydrogens is 325 g/mol. The summed E-state index contributed by atoms with van der Waals surface area (Å²) in [6.07, 6.45) is -2.83.